The van der Waals surface area contributed by atoms with Crippen molar-refractivity contribution >= 4 is 5.78 Å². The Morgan fingerprint density at radius 1 is 1.25 bits per heavy atom. The van der Waals surface area contributed by atoms with Gasteiger partial charge < -0.3 is 0 Å². The first kappa shape index (κ1) is 8.28. The third-order valence-electron chi connectivity index (χ3n) is 3.89. The van der Waals surface area contributed by atoms with Crippen molar-refractivity contribution < 1.29 is 4.79 Å². The lowest BCUT2D eigenvalue weighted by Gasteiger charge is -2.29. The van der Waals surface area contributed by atoms with Crippen LogP contribution in [0.1, 0.15) is 51.9 Å². The average Bonchev–Trinajstić information content (AvgIpc) is 2.59. The van der Waals surface area contributed by atoms with E-state index in [9.17, 15) is 4.79 Å². The molecule has 0 aromatic rings. The van der Waals surface area contributed by atoms with E-state index < -0.39 is 0 Å². The fourth-order valence-corrected chi connectivity index (χ4v) is 3.08. The molecule has 0 amide bonds. The molecule has 0 N–H and O–H groups in total. The highest BCUT2D eigenvalue weighted by Gasteiger charge is 2.42. The molecule has 0 aromatic heterocycles. The van der Waals surface area contributed by atoms with E-state index in [2.05, 4.69) is 6.92 Å². The number of hydrogen-bond acceptors (Lipinski definition) is 1. The Balaban J connectivity index is 2.11. The lowest BCUT2D eigenvalue weighted by molar-refractivity contribution is -0.123. The average molecular weight is 166 g/mol. The van der Waals surface area contributed by atoms with Gasteiger partial charge in [0.15, 0.2) is 0 Å². The SMILES string of the molecule is CC1(C2CCCC2=O)CCCC1. The first-order valence-corrected chi connectivity index (χ1v) is 5.25. The molecule has 1 heteroatoms. The summed E-state index contributed by atoms with van der Waals surface area (Å²) in [6.07, 6.45) is 8.47. The third-order valence-corrected chi connectivity index (χ3v) is 3.89. The first-order chi connectivity index (χ1) is 5.72. The van der Waals surface area contributed by atoms with Crippen LogP contribution in [0.5, 0.6) is 0 Å². The molecule has 0 heterocycles. The molecule has 0 aromatic carbocycles. The molecular weight excluding hydrogens is 148 g/mol. The van der Waals surface area contributed by atoms with Gasteiger partial charge >= 0.3 is 0 Å². The van der Waals surface area contributed by atoms with Gasteiger partial charge in [-0.1, -0.05) is 19.8 Å². The minimum absolute atomic E-state index is 0.396. The lowest BCUT2D eigenvalue weighted by Crippen LogP contribution is -2.27. The normalized spacial score (nSPS) is 34.4. The van der Waals surface area contributed by atoms with Crippen LogP contribution in [0.15, 0.2) is 0 Å². The Labute approximate surface area is 74.5 Å². The lowest BCUT2D eigenvalue weighted by atomic mass is 9.74. The van der Waals surface area contributed by atoms with Gasteiger partial charge in [0.1, 0.15) is 5.78 Å². The molecule has 68 valence electrons. The van der Waals surface area contributed by atoms with Crippen molar-refractivity contribution in [2.24, 2.45) is 11.3 Å². The van der Waals surface area contributed by atoms with Gasteiger partial charge in [0.2, 0.25) is 0 Å². The van der Waals surface area contributed by atoms with Crippen LogP contribution in [0.2, 0.25) is 0 Å². The van der Waals surface area contributed by atoms with Crippen LogP contribution >= 0.6 is 0 Å². The molecule has 1 nitrogen and oxygen atoms in total. The van der Waals surface area contributed by atoms with Gasteiger partial charge in [0.25, 0.3) is 0 Å². The molecule has 0 aliphatic heterocycles. The van der Waals surface area contributed by atoms with Crippen LogP contribution in [0, 0.1) is 11.3 Å². The maximum Gasteiger partial charge on any atom is 0.136 e. The molecule has 0 radical (unpaired) electrons. The summed E-state index contributed by atoms with van der Waals surface area (Å²) >= 11 is 0. The minimum atomic E-state index is 0.396. The molecule has 2 saturated carbocycles. The van der Waals surface area contributed by atoms with E-state index in [1.54, 1.807) is 0 Å². The van der Waals surface area contributed by atoms with E-state index in [1.807, 2.05) is 0 Å². The van der Waals surface area contributed by atoms with Crippen molar-refractivity contribution in [3.63, 3.8) is 0 Å². The van der Waals surface area contributed by atoms with Crippen LogP contribution in [0.4, 0.5) is 0 Å². The van der Waals surface area contributed by atoms with Gasteiger partial charge in [-0.15, -0.1) is 0 Å². The fourth-order valence-electron chi connectivity index (χ4n) is 3.08. The molecule has 2 fully saturated rings. The van der Waals surface area contributed by atoms with Crippen LogP contribution in [0.3, 0.4) is 0 Å². The van der Waals surface area contributed by atoms with E-state index in [4.69, 9.17) is 0 Å². The topological polar surface area (TPSA) is 17.1 Å². The van der Waals surface area contributed by atoms with Crippen LogP contribution < -0.4 is 0 Å². The molecule has 2 rings (SSSR count). The summed E-state index contributed by atoms with van der Waals surface area (Å²) < 4.78 is 0. The first-order valence-electron chi connectivity index (χ1n) is 5.25. The molecule has 0 spiro atoms. The van der Waals surface area contributed by atoms with Crippen molar-refractivity contribution in [2.45, 2.75) is 51.9 Å². The monoisotopic (exact) mass is 166 g/mol. The van der Waals surface area contributed by atoms with Gasteiger partial charge in [-0.2, -0.15) is 0 Å². The number of Topliss-reactive ketones (excluding diaryl/α,β-unsaturated/α-hetero) is 1. The quantitative estimate of drug-likeness (QED) is 0.585. The number of carbonyl (C=O) groups excluding carboxylic acids is 1. The Kier molecular flexibility index (Phi) is 1.97. The predicted octanol–water partition coefficient (Wildman–Crippen LogP) is 2.94. The van der Waals surface area contributed by atoms with E-state index >= 15 is 0 Å². The highest BCUT2D eigenvalue weighted by molar-refractivity contribution is 5.83. The summed E-state index contributed by atoms with van der Waals surface area (Å²) in [6, 6.07) is 0. The molecule has 12 heavy (non-hydrogen) atoms. The minimum Gasteiger partial charge on any atom is -0.299 e. The second kappa shape index (κ2) is 2.86. The zero-order valence-corrected chi connectivity index (χ0v) is 7.94. The molecular formula is C11H18O. The summed E-state index contributed by atoms with van der Waals surface area (Å²) in [5.74, 6) is 0.986. The van der Waals surface area contributed by atoms with Crippen molar-refractivity contribution in [1.82, 2.24) is 0 Å². The standard InChI is InChI=1S/C11H18O/c1-11(7-2-3-8-11)9-5-4-6-10(9)12/h9H,2-8H2,1H3. The van der Waals surface area contributed by atoms with Gasteiger partial charge in [-0.05, 0) is 31.1 Å². The second-order valence-corrected chi connectivity index (χ2v) is 4.77. The summed E-state index contributed by atoms with van der Waals surface area (Å²) in [5, 5.41) is 0. The Morgan fingerprint density at radius 3 is 2.42 bits per heavy atom. The molecule has 2 aliphatic carbocycles. The summed E-state index contributed by atoms with van der Waals surface area (Å²) in [7, 11) is 0. The van der Waals surface area contributed by atoms with E-state index in [0.29, 0.717) is 17.1 Å². The summed E-state index contributed by atoms with van der Waals surface area (Å²) in [5.41, 5.74) is 0.396. The zero-order valence-electron chi connectivity index (χ0n) is 7.94. The number of hydrogen-bond donors (Lipinski definition) is 0. The largest absolute Gasteiger partial charge is 0.299 e. The van der Waals surface area contributed by atoms with Crippen LogP contribution in [-0.2, 0) is 4.79 Å². The number of carbonyl (C=O) groups is 1. The highest BCUT2D eigenvalue weighted by atomic mass is 16.1. The Bertz CT molecular complexity index is 189. The van der Waals surface area contributed by atoms with Crippen LogP contribution in [0.25, 0.3) is 0 Å². The van der Waals surface area contributed by atoms with Gasteiger partial charge in [0.05, 0.1) is 0 Å². The smallest absolute Gasteiger partial charge is 0.136 e. The third kappa shape index (κ3) is 1.19. The summed E-state index contributed by atoms with van der Waals surface area (Å²) in [6.45, 7) is 2.33. The highest BCUT2D eigenvalue weighted by Crippen LogP contribution is 2.48. The van der Waals surface area contributed by atoms with Crippen LogP contribution in [-0.4, -0.2) is 5.78 Å². The fraction of sp³-hybridized carbons (Fsp3) is 0.909. The maximum absolute atomic E-state index is 11.6. The van der Waals surface area contributed by atoms with Gasteiger partial charge in [0, 0.05) is 12.3 Å². The Morgan fingerprint density at radius 2 is 1.92 bits per heavy atom. The van der Waals surface area contributed by atoms with Crippen molar-refractivity contribution in [3.05, 3.63) is 0 Å². The zero-order chi connectivity index (χ0) is 8.60. The van der Waals surface area contributed by atoms with E-state index in [0.717, 1.165) is 12.8 Å². The number of ketones is 1. The molecule has 0 saturated heterocycles. The van der Waals surface area contributed by atoms with E-state index in [1.165, 1.54) is 32.1 Å². The van der Waals surface area contributed by atoms with Crippen molar-refractivity contribution in [1.29, 1.82) is 0 Å². The molecule has 1 atom stereocenters. The maximum atomic E-state index is 11.6. The molecule has 1 unspecified atom stereocenters. The summed E-state index contributed by atoms with van der Waals surface area (Å²) in [4.78, 5) is 11.6. The number of rotatable bonds is 1. The predicted molar refractivity (Wildman–Crippen MR) is 48.9 cm³/mol. The van der Waals surface area contributed by atoms with Crippen molar-refractivity contribution in [3.8, 4) is 0 Å². The van der Waals surface area contributed by atoms with Gasteiger partial charge in [-0.25, -0.2) is 0 Å². The van der Waals surface area contributed by atoms with E-state index in [-0.39, 0.29) is 0 Å². The van der Waals surface area contributed by atoms with Gasteiger partial charge in [-0.3, -0.25) is 4.79 Å². The Hall–Kier alpha value is -0.330. The second-order valence-electron chi connectivity index (χ2n) is 4.77. The molecule has 0 bridgehead atoms. The van der Waals surface area contributed by atoms with Crippen molar-refractivity contribution in [2.75, 3.05) is 0 Å². The molecule has 2 aliphatic rings.